The van der Waals surface area contributed by atoms with Crippen LogP contribution in [0.2, 0.25) is 0 Å². The highest BCUT2D eigenvalue weighted by molar-refractivity contribution is 7.66. The van der Waals surface area contributed by atoms with Gasteiger partial charge in [0.2, 0.25) is 0 Å². The second-order valence-corrected chi connectivity index (χ2v) is 1.54. The summed E-state index contributed by atoms with van der Waals surface area (Å²) in [6, 6.07) is 0. The van der Waals surface area contributed by atoms with E-state index >= 15 is 0 Å². The molecule has 0 fully saturated rings. The van der Waals surface area contributed by atoms with Gasteiger partial charge in [0.15, 0.2) is 0 Å². The SMILES string of the molecule is BPCO. The van der Waals surface area contributed by atoms with Crippen LogP contribution in [0.5, 0.6) is 0 Å². The van der Waals surface area contributed by atoms with Gasteiger partial charge in [-0.2, -0.15) is 0 Å². The molecule has 1 unspecified atom stereocenters. The van der Waals surface area contributed by atoms with Crippen LogP contribution in [0, 0.1) is 0 Å². The molecule has 0 aromatic carbocycles. The second kappa shape index (κ2) is 3.45. The predicted octanol–water partition coefficient (Wildman–Crippen LogP) is -0.837. The maximum atomic E-state index is 7.89. The van der Waals surface area contributed by atoms with Crippen molar-refractivity contribution in [2.75, 3.05) is 6.35 Å². The number of aliphatic hydroxyl groups is 1. The average molecular weight is 75.8 g/mol. The lowest BCUT2D eigenvalue weighted by atomic mass is 10.8. The van der Waals surface area contributed by atoms with Crippen LogP contribution in [0.25, 0.3) is 0 Å². The number of aliphatic hydroxyl groups excluding tert-OH is 1. The molecule has 24 valence electrons. The lowest BCUT2D eigenvalue weighted by molar-refractivity contribution is 0.374. The summed E-state index contributed by atoms with van der Waals surface area (Å²) in [5, 5.41) is 7.89. The normalized spacial score (nSPS) is 10.2. The molecule has 1 atom stereocenters. The van der Waals surface area contributed by atoms with Crippen molar-refractivity contribution in [2.24, 2.45) is 0 Å². The highest BCUT2D eigenvalue weighted by Gasteiger charge is 1.56. The first-order valence-electron chi connectivity index (χ1n) is 1.17. The molecule has 0 aliphatic rings. The molecule has 0 spiro atoms. The van der Waals surface area contributed by atoms with Crippen molar-refractivity contribution in [1.29, 1.82) is 0 Å². The van der Waals surface area contributed by atoms with Crippen LogP contribution >= 0.6 is 8.46 Å². The first-order valence-corrected chi connectivity index (χ1v) is 2.88. The van der Waals surface area contributed by atoms with Gasteiger partial charge in [-0.25, -0.2) is 0 Å². The molecule has 4 heavy (non-hydrogen) atoms. The Bertz CT molecular complexity index is 10.0. The molecule has 0 aromatic heterocycles. The van der Waals surface area contributed by atoms with Gasteiger partial charge >= 0.3 is 0 Å². The fraction of sp³-hybridized carbons (Fsp3) is 1.00. The van der Waals surface area contributed by atoms with Gasteiger partial charge in [0.1, 0.15) is 7.57 Å². The van der Waals surface area contributed by atoms with Gasteiger partial charge in [-0.1, -0.05) is 0 Å². The summed E-state index contributed by atoms with van der Waals surface area (Å²) in [6.45, 7) is 0. The maximum absolute atomic E-state index is 7.89. The molecule has 0 bridgehead atoms. The number of hydrogen-bond donors (Lipinski definition) is 1. The Morgan fingerprint density at radius 1 is 2.00 bits per heavy atom. The summed E-state index contributed by atoms with van der Waals surface area (Å²) in [5.41, 5.74) is 0. The standard InChI is InChI=1S/CH6BOP/c2-4-1-3/h3-4H,1-2H2. The fourth-order valence-corrected chi connectivity index (χ4v) is 0. The van der Waals surface area contributed by atoms with Crippen LogP contribution in [0.3, 0.4) is 0 Å². The van der Waals surface area contributed by atoms with Crippen molar-refractivity contribution in [3.8, 4) is 0 Å². The second-order valence-electron chi connectivity index (χ2n) is 0.512. The van der Waals surface area contributed by atoms with E-state index in [0.29, 0.717) is 14.8 Å². The van der Waals surface area contributed by atoms with E-state index < -0.39 is 0 Å². The van der Waals surface area contributed by atoms with Gasteiger partial charge in [-0.3, -0.25) is 0 Å². The van der Waals surface area contributed by atoms with E-state index in [2.05, 4.69) is 0 Å². The van der Waals surface area contributed by atoms with Gasteiger partial charge in [-0.15, -0.1) is 8.46 Å². The Morgan fingerprint density at radius 2 is 2.25 bits per heavy atom. The third-order valence-corrected chi connectivity index (χ3v) is 0.474. The highest BCUT2D eigenvalue weighted by Crippen LogP contribution is 1.91. The zero-order valence-electron chi connectivity index (χ0n) is 2.65. The van der Waals surface area contributed by atoms with Crippen LogP contribution in [-0.2, 0) is 0 Å². The minimum absolute atomic E-state index is 0.347. The van der Waals surface area contributed by atoms with E-state index in [1.807, 2.05) is 7.57 Å². The molecule has 0 radical (unpaired) electrons. The van der Waals surface area contributed by atoms with Crippen molar-refractivity contribution in [2.45, 2.75) is 0 Å². The summed E-state index contributed by atoms with van der Waals surface area (Å²) in [4.78, 5) is 0. The molecule has 0 saturated carbocycles. The lowest BCUT2D eigenvalue weighted by Gasteiger charge is -1.70. The molecule has 1 nitrogen and oxygen atoms in total. The van der Waals surface area contributed by atoms with Crippen molar-refractivity contribution in [3.05, 3.63) is 0 Å². The maximum Gasteiger partial charge on any atom is 0.133 e. The van der Waals surface area contributed by atoms with E-state index in [4.69, 9.17) is 5.11 Å². The third kappa shape index (κ3) is 2.45. The molecule has 0 saturated heterocycles. The van der Waals surface area contributed by atoms with Crippen molar-refractivity contribution in [1.82, 2.24) is 0 Å². The quantitative estimate of drug-likeness (QED) is 0.319. The lowest BCUT2D eigenvalue weighted by Crippen LogP contribution is -1.59. The molecule has 0 rings (SSSR count). The first-order chi connectivity index (χ1) is 1.91. The van der Waals surface area contributed by atoms with Crippen molar-refractivity contribution < 1.29 is 5.11 Å². The molecule has 3 heteroatoms. The summed E-state index contributed by atoms with van der Waals surface area (Å²) >= 11 is 0. The summed E-state index contributed by atoms with van der Waals surface area (Å²) in [6.07, 6.45) is 0.347. The topological polar surface area (TPSA) is 20.2 Å². The zero-order chi connectivity index (χ0) is 3.41. The van der Waals surface area contributed by atoms with Gasteiger partial charge in [-0.05, 0) is 0 Å². The number of rotatable bonds is 1. The summed E-state index contributed by atoms with van der Waals surface area (Å²) in [5.74, 6) is 0. The Labute approximate surface area is 28.6 Å². The zero-order valence-corrected chi connectivity index (χ0v) is 3.65. The largest absolute Gasteiger partial charge is 0.393 e. The average Bonchev–Trinajstić information content (AvgIpc) is 1.37. The van der Waals surface area contributed by atoms with Crippen LogP contribution in [0.4, 0.5) is 0 Å². The van der Waals surface area contributed by atoms with Crippen LogP contribution in [-0.4, -0.2) is 19.0 Å². The Hall–Kier alpha value is 0.455. The molecule has 0 aromatic rings. The van der Waals surface area contributed by atoms with Gasteiger partial charge in [0.25, 0.3) is 0 Å². The minimum atomic E-state index is 0.347. The Morgan fingerprint density at radius 3 is 2.25 bits per heavy atom. The minimum Gasteiger partial charge on any atom is -0.393 e. The fourth-order valence-electron chi connectivity index (χ4n) is 0. The van der Waals surface area contributed by atoms with E-state index in [1.54, 1.807) is 0 Å². The van der Waals surface area contributed by atoms with E-state index in [9.17, 15) is 0 Å². The monoisotopic (exact) mass is 76.0 g/mol. The van der Waals surface area contributed by atoms with E-state index in [-0.39, 0.29) is 0 Å². The van der Waals surface area contributed by atoms with Crippen LogP contribution in [0.1, 0.15) is 0 Å². The van der Waals surface area contributed by atoms with Gasteiger partial charge < -0.3 is 5.11 Å². The molecule has 0 amide bonds. The number of hydrogen-bond acceptors (Lipinski definition) is 1. The van der Waals surface area contributed by atoms with E-state index in [0.717, 1.165) is 0 Å². The molecule has 0 heterocycles. The third-order valence-electron chi connectivity index (χ3n) is 0.158. The summed E-state index contributed by atoms with van der Waals surface area (Å²) in [7, 11) is 2.65. The van der Waals surface area contributed by atoms with Crippen molar-refractivity contribution >= 4 is 16.0 Å². The van der Waals surface area contributed by atoms with Gasteiger partial charge in [0, 0.05) is 0 Å². The Balaban J connectivity index is 1.97. The van der Waals surface area contributed by atoms with Crippen molar-refractivity contribution in [3.63, 3.8) is 0 Å². The highest BCUT2D eigenvalue weighted by atomic mass is 31.1. The molecule has 1 N–H and O–H groups in total. The molecule has 0 aliphatic carbocycles. The van der Waals surface area contributed by atoms with Crippen LogP contribution in [0.15, 0.2) is 0 Å². The van der Waals surface area contributed by atoms with Crippen LogP contribution < -0.4 is 0 Å². The Kier molecular flexibility index (Phi) is 3.85. The molecule has 0 aliphatic heterocycles. The predicted molar refractivity (Wildman–Crippen MR) is 23.9 cm³/mol. The van der Waals surface area contributed by atoms with E-state index in [1.165, 1.54) is 0 Å². The molecular formula is CH6BOP. The van der Waals surface area contributed by atoms with Gasteiger partial charge in [0.05, 0.1) is 6.35 Å². The summed E-state index contributed by atoms with van der Waals surface area (Å²) < 4.78 is 0. The molecular weight excluding hydrogens is 69.8 g/mol. The first kappa shape index (κ1) is 4.45. The smallest absolute Gasteiger partial charge is 0.133 e.